The normalized spacial score (nSPS) is 36.5. The van der Waals surface area contributed by atoms with Gasteiger partial charge in [-0.25, -0.2) is 0 Å². The van der Waals surface area contributed by atoms with E-state index in [0.717, 1.165) is 17.5 Å². The molecule has 106 valence electrons. The van der Waals surface area contributed by atoms with E-state index in [1.807, 2.05) is 6.07 Å². The van der Waals surface area contributed by atoms with Gasteiger partial charge in [0.05, 0.1) is 12.8 Å². The summed E-state index contributed by atoms with van der Waals surface area (Å²) in [4.78, 5) is 12.5. The number of anilines is 2. The van der Waals surface area contributed by atoms with Crippen LogP contribution in [0.15, 0.2) is 18.2 Å². The van der Waals surface area contributed by atoms with Crippen LogP contribution in [-0.2, 0) is 4.79 Å². The number of amides is 1. The molecule has 20 heavy (non-hydrogen) atoms. The zero-order valence-corrected chi connectivity index (χ0v) is 11.6. The van der Waals surface area contributed by atoms with Gasteiger partial charge in [-0.15, -0.1) is 0 Å². The monoisotopic (exact) mass is 272 g/mol. The first kappa shape index (κ1) is 12.1. The highest BCUT2D eigenvalue weighted by Gasteiger charge is 2.67. The summed E-state index contributed by atoms with van der Waals surface area (Å²) in [5.41, 5.74) is 7.10. The Bertz CT molecular complexity index is 556. The molecule has 4 atom stereocenters. The summed E-state index contributed by atoms with van der Waals surface area (Å²) in [5, 5.41) is 3.03. The number of nitrogen functional groups attached to an aromatic ring is 1. The summed E-state index contributed by atoms with van der Waals surface area (Å²) in [7, 11) is 1.59. The Morgan fingerprint density at radius 3 is 2.65 bits per heavy atom. The van der Waals surface area contributed by atoms with Gasteiger partial charge in [0.15, 0.2) is 0 Å². The van der Waals surface area contributed by atoms with Gasteiger partial charge in [-0.3, -0.25) is 4.79 Å². The summed E-state index contributed by atoms with van der Waals surface area (Å²) in [5.74, 6) is 3.99. The molecule has 2 bridgehead atoms. The molecule has 3 saturated carbocycles. The molecular formula is C16H20N2O2. The average molecular weight is 272 g/mol. The number of hydrogen-bond donors (Lipinski definition) is 2. The molecule has 1 aromatic rings. The van der Waals surface area contributed by atoms with Crippen molar-refractivity contribution in [3.05, 3.63) is 18.2 Å². The molecule has 3 fully saturated rings. The van der Waals surface area contributed by atoms with Crippen LogP contribution in [0.3, 0.4) is 0 Å². The van der Waals surface area contributed by atoms with Gasteiger partial charge >= 0.3 is 0 Å². The third-order valence-corrected chi connectivity index (χ3v) is 5.52. The van der Waals surface area contributed by atoms with E-state index in [9.17, 15) is 4.79 Å². The molecule has 1 amide bonds. The zero-order chi connectivity index (χ0) is 13.9. The Labute approximate surface area is 118 Å². The van der Waals surface area contributed by atoms with Gasteiger partial charge in [-0.1, -0.05) is 0 Å². The second-order valence-corrected chi connectivity index (χ2v) is 6.46. The summed E-state index contributed by atoms with van der Waals surface area (Å²) in [6.45, 7) is 0. The number of carbonyl (C=O) groups excluding carboxylic acids is 1. The molecule has 1 aromatic carbocycles. The van der Waals surface area contributed by atoms with Gasteiger partial charge in [-0.05, 0) is 55.1 Å². The number of benzene rings is 1. The molecule has 3 N–H and O–H groups in total. The Morgan fingerprint density at radius 1 is 1.30 bits per heavy atom. The molecule has 4 nitrogen and oxygen atoms in total. The van der Waals surface area contributed by atoms with Gasteiger partial charge in [0.1, 0.15) is 5.75 Å². The molecular weight excluding hydrogens is 252 g/mol. The van der Waals surface area contributed by atoms with Gasteiger partial charge in [0.2, 0.25) is 5.91 Å². The van der Waals surface area contributed by atoms with Crippen LogP contribution in [0.25, 0.3) is 0 Å². The number of methoxy groups -OCH3 is 1. The minimum absolute atomic E-state index is 0.166. The van der Waals surface area contributed by atoms with Crippen LogP contribution in [-0.4, -0.2) is 13.0 Å². The smallest absolute Gasteiger partial charge is 0.228 e. The number of nitrogens with one attached hydrogen (secondary N) is 1. The van der Waals surface area contributed by atoms with Crippen LogP contribution in [0.2, 0.25) is 0 Å². The van der Waals surface area contributed by atoms with Crippen molar-refractivity contribution >= 4 is 17.3 Å². The van der Waals surface area contributed by atoms with Crippen molar-refractivity contribution in [2.75, 3.05) is 18.2 Å². The predicted octanol–water partition coefficient (Wildman–Crippen LogP) is 2.51. The SMILES string of the molecule is COc1cc(N)ccc1NC(=O)C1C2C3CCC(C3)C12. The molecule has 0 aromatic heterocycles. The quantitative estimate of drug-likeness (QED) is 0.831. The highest BCUT2D eigenvalue weighted by Crippen LogP contribution is 2.69. The fourth-order valence-corrected chi connectivity index (χ4v) is 4.70. The van der Waals surface area contributed by atoms with E-state index in [-0.39, 0.29) is 11.8 Å². The Kier molecular flexibility index (Phi) is 2.50. The number of ether oxygens (including phenoxy) is 1. The lowest BCUT2D eigenvalue weighted by molar-refractivity contribution is -0.118. The fourth-order valence-electron chi connectivity index (χ4n) is 4.70. The Hall–Kier alpha value is -1.71. The molecule has 4 unspecified atom stereocenters. The number of fused-ring (bicyclic) bond motifs is 5. The van der Waals surface area contributed by atoms with E-state index >= 15 is 0 Å². The second-order valence-electron chi connectivity index (χ2n) is 6.46. The summed E-state index contributed by atoms with van der Waals surface area (Å²) in [6, 6.07) is 5.35. The predicted molar refractivity (Wildman–Crippen MR) is 77.3 cm³/mol. The maximum atomic E-state index is 12.5. The minimum atomic E-state index is 0.166. The molecule has 0 aliphatic heterocycles. The minimum Gasteiger partial charge on any atom is -0.494 e. The molecule has 0 radical (unpaired) electrons. The summed E-state index contributed by atoms with van der Waals surface area (Å²) < 4.78 is 5.28. The first-order valence-corrected chi connectivity index (χ1v) is 7.43. The van der Waals surface area contributed by atoms with E-state index in [4.69, 9.17) is 10.5 Å². The van der Waals surface area contributed by atoms with Crippen molar-refractivity contribution in [1.29, 1.82) is 0 Å². The Morgan fingerprint density at radius 2 is 2.00 bits per heavy atom. The molecule has 3 aliphatic carbocycles. The van der Waals surface area contributed by atoms with E-state index in [1.54, 1.807) is 19.2 Å². The van der Waals surface area contributed by atoms with E-state index in [1.165, 1.54) is 19.3 Å². The lowest BCUT2D eigenvalue weighted by Crippen LogP contribution is -2.19. The molecule has 0 heterocycles. The molecule has 0 spiro atoms. The lowest BCUT2D eigenvalue weighted by Gasteiger charge is -2.12. The van der Waals surface area contributed by atoms with Gasteiger partial charge in [0.25, 0.3) is 0 Å². The first-order valence-electron chi connectivity index (χ1n) is 7.43. The lowest BCUT2D eigenvalue weighted by atomic mass is 10.0. The highest BCUT2D eigenvalue weighted by molar-refractivity contribution is 5.96. The highest BCUT2D eigenvalue weighted by atomic mass is 16.5. The topological polar surface area (TPSA) is 64.3 Å². The van der Waals surface area contributed by atoms with E-state index in [0.29, 0.717) is 23.3 Å². The van der Waals surface area contributed by atoms with Crippen molar-refractivity contribution in [1.82, 2.24) is 0 Å². The number of hydrogen-bond acceptors (Lipinski definition) is 3. The van der Waals surface area contributed by atoms with Gasteiger partial charge in [0, 0.05) is 17.7 Å². The van der Waals surface area contributed by atoms with Crippen molar-refractivity contribution in [2.24, 2.45) is 29.6 Å². The van der Waals surface area contributed by atoms with Crippen molar-refractivity contribution in [3.63, 3.8) is 0 Å². The van der Waals surface area contributed by atoms with Crippen LogP contribution < -0.4 is 15.8 Å². The van der Waals surface area contributed by atoms with Crippen molar-refractivity contribution < 1.29 is 9.53 Å². The first-order chi connectivity index (χ1) is 9.69. The molecule has 3 aliphatic rings. The largest absolute Gasteiger partial charge is 0.494 e. The third kappa shape index (κ3) is 1.63. The maximum Gasteiger partial charge on any atom is 0.228 e. The van der Waals surface area contributed by atoms with Crippen LogP contribution in [0.5, 0.6) is 5.75 Å². The Balaban J connectivity index is 1.49. The van der Waals surface area contributed by atoms with Crippen LogP contribution in [0, 0.1) is 29.6 Å². The van der Waals surface area contributed by atoms with Crippen LogP contribution >= 0.6 is 0 Å². The number of carbonyl (C=O) groups is 1. The molecule has 4 heteroatoms. The molecule has 0 saturated heterocycles. The fraction of sp³-hybridized carbons (Fsp3) is 0.562. The maximum absolute atomic E-state index is 12.5. The summed E-state index contributed by atoms with van der Waals surface area (Å²) in [6.07, 6.45) is 4.03. The van der Waals surface area contributed by atoms with Crippen LogP contribution in [0.1, 0.15) is 19.3 Å². The van der Waals surface area contributed by atoms with E-state index in [2.05, 4.69) is 5.32 Å². The van der Waals surface area contributed by atoms with Crippen molar-refractivity contribution in [3.8, 4) is 5.75 Å². The van der Waals surface area contributed by atoms with Crippen LogP contribution in [0.4, 0.5) is 11.4 Å². The standard InChI is InChI=1S/C16H20N2O2/c1-20-12-7-10(17)4-5-11(12)18-16(19)15-13-8-2-3-9(6-8)14(13)15/h4-5,7-9,13-15H,2-3,6,17H2,1H3,(H,18,19). The number of nitrogens with two attached hydrogens (primary N) is 1. The summed E-state index contributed by atoms with van der Waals surface area (Å²) >= 11 is 0. The van der Waals surface area contributed by atoms with Crippen molar-refractivity contribution in [2.45, 2.75) is 19.3 Å². The zero-order valence-electron chi connectivity index (χ0n) is 11.6. The van der Waals surface area contributed by atoms with E-state index < -0.39 is 0 Å². The van der Waals surface area contributed by atoms with Gasteiger partial charge < -0.3 is 15.8 Å². The second kappa shape index (κ2) is 4.14. The molecule has 4 rings (SSSR count). The third-order valence-electron chi connectivity index (χ3n) is 5.52. The average Bonchev–Trinajstić information content (AvgIpc) is 2.89. The number of rotatable bonds is 3. The van der Waals surface area contributed by atoms with Gasteiger partial charge in [-0.2, -0.15) is 0 Å².